The number of hydrogen-bond donors (Lipinski definition) is 2. The van der Waals surface area contributed by atoms with Crippen LogP contribution in [0.25, 0.3) is 11.1 Å². The molecule has 0 aliphatic heterocycles. The highest BCUT2D eigenvalue weighted by Crippen LogP contribution is 2.34. The number of nitrogens with zero attached hydrogens (tertiary/aromatic N) is 1. The van der Waals surface area contributed by atoms with Crippen molar-refractivity contribution < 1.29 is 24.0 Å². The Morgan fingerprint density at radius 1 is 1.07 bits per heavy atom. The number of carbonyl (C=O) groups excluding carboxylic acids is 2. The first-order valence-electron chi connectivity index (χ1n) is 9.03. The maximum Gasteiger partial charge on any atom is 0.270 e. The van der Waals surface area contributed by atoms with Crippen LogP contribution in [0, 0.1) is 10.1 Å². The molecule has 2 N–H and O–H groups in total. The minimum absolute atomic E-state index is 0.0970. The summed E-state index contributed by atoms with van der Waals surface area (Å²) >= 11 is 0. The molecule has 2 aromatic carbocycles. The SMILES string of the molecule is CCCNC(=O)CNC(=O)COc1ccc([N+](=O)[O-])cc1-c1ccc(OC)cc1. The predicted molar refractivity (Wildman–Crippen MR) is 107 cm³/mol. The van der Waals surface area contributed by atoms with Crippen LogP contribution in [0.4, 0.5) is 5.69 Å². The third kappa shape index (κ3) is 6.49. The summed E-state index contributed by atoms with van der Waals surface area (Å²) in [5.74, 6) is 0.193. The molecule has 2 rings (SSSR count). The van der Waals surface area contributed by atoms with Crippen molar-refractivity contribution in [3.8, 4) is 22.6 Å². The number of nitro groups is 1. The van der Waals surface area contributed by atoms with Gasteiger partial charge in [0.05, 0.1) is 18.6 Å². The number of non-ortho nitro benzene ring substituents is 1. The number of rotatable bonds is 10. The summed E-state index contributed by atoms with van der Waals surface area (Å²) in [5, 5.41) is 16.2. The predicted octanol–water partition coefficient (Wildman–Crippen LogP) is 2.29. The Morgan fingerprint density at radius 3 is 2.41 bits per heavy atom. The summed E-state index contributed by atoms with van der Waals surface area (Å²) < 4.78 is 10.7. The van der Waals surface area contributed by atoms with Crippen LogP contribution in [0.3, 0.4) is 0 Å². The van der Waals surface area contributed by atoms with E-state index in [-0.39, 0.29) is 24.7 Å². The largest absolute Gasteiger partial charge is 0.497 e. The van der Waals surface area contributed by atoms with E-state index in [0.717, 1.165) is 6.42 Å². The second-order valence-corrected chi connectivity index (χ2v) is 6.08. The minimum Gasteiger partial charge on any atom is -0.497 e. The van der Waals surface area contributed by atoms with Gasteiger partial charge in [-0.05, 0) is 30.2 Å². The second-order valence-electron chi connectivity index (χ2n) is 6.08. The summed E-state index contributed by atoms with van der Waals surface area (Å²) in [6.45, 7) is 1.99. The second kappa shape index (κ2) is 10.6. The molecule has 0 aliphatic rings. The molecule has 154 valence electrons. The Balaban J connectivity index is 2.10. The maximum absolute atomic E-state index is 12.0. The number of hydrogen-bond acceptors (Lipinski definition) is 6. The first-order chi connectivity index (χ1) is 13.9. The van der Waals surface area contributed by atoms with Gasteiger partial charge in [0.25, 0.3) is 11.6 Å². The fourth-order valence-electron chi connectivity index (χ4n) is 2.45. The summed E-state index contributed by atoms with van der Waals surface area (Å²) in [4.78, 5) is 34.1. The van der Waals surface area contributed by atoms with Gasteiger partial charge < -0.3 is 20.1 Å². The summed E-state index contributed by atoms with van der Waals surface area (Å²) in [6, 6.07) is 11.1. The molecule has 0 heterocycles. The van der Waals surface area contributed by atoms with Crippen LogP contribution in [-0.2, 0) is 9.59 Å². The molecule has 0 aromatic heterocycles. The Morgan fingerprint density at radius 2 is 1.79 bits per heavy atom. The molecular formula is C20H23N3O6. The smallest absolute Gasteiger partial charge is 0.270 e. The van der Waals surface area contributed by atoms with Gasteiger partial charge in [0, 0.05) is 24.2 Å². The van der Waals surface area contributed by atoms with Crippen molar-refractivity contribution in [1.82, 2.24) is 10.6 Å². The highest BCUT2D eigenvalue weighted by molar-refractivity contribution is 5.85. The molecule has 2 aromatic rings. The van der Waals surface area contributed by atoms with E-state index in [1.54, 1.807) is 24.3 Å². The lowest BCUT2D eigenvalue weighted by atomic mass is 10.0. The lowest BCUT2D eigenvalue weighted by Crippen LogP contribution is -2.39. The van der Waals surface area contributed by atoms with E-state index in [0.29, 0.717) is 29.2 Å². The molecule has 0 unspecified atom stereocenters. The lowest BCUT2D eigenvalue weighted by molar-refractivity contribution is -0.384. The molecule has 29 heavy (non-hydrogen) atoms. The summed E-state index contributed by atoms with van der Waals surface area (Å²) in [5.41, 5.74) is 1.04. The summed E-state index contributed by atoms with van der Waals surface area (Å²) in [7, 11) is 1.54. The van der Waals surface area contributed by atoms with Crippen LogP contribution in [0.5, 0.6) is 11.5 Å². The van der Waals surface area contributed by atoms with Crippen molar-refractivity contribution in [3.63, 3.8) is 0 Å². The van der Waals surface area contributed by atoms with Crippen molar-refractivity contribution in [2.24, 2.45) is 0 Å². The number of benzene rings is 2. The van der Waals surface area contributed by atoms with Gasteiger partial charge in [-0.3, -0.25) is 19.7 Å². The molecule has 0 aliphatic carbocycles. The molecule has 0 saturated heterocycles. The lowest BCUT2D eigenvalue weighted by Gasteiger charge is -2.12. The number of methoxy groups -OCH3 is 1. The standard InChI is InChI=1S/C20H23N3O6/c1-3-10-21-19(24)12-22-20(25)13-29-18-9-6-15(23(26)27)11-17(18)14-4-7-16(28-2)8-5-14/h4-9,11H,3,10,12-13H2,1-2H3,(H,21,24)(H,22,25). The van der Waals surface area contributed by atoms with E-state index in [9.17, 15) is 19.7 Å². The van der Waals surface area contributed by atoms with Crippen molar-refractivity contribution in [2.75, 3.05) is 26.8 Å². The number of nitrogens with one attached hydrogen (secondary N) is 2. The zero-order valence-corrected chi connectivity index (χ0v) is 16.3. The van der Waals surface area contributed by atoms with Crippen molar-refractivity contribution >= 4 is 17.5 Å². The van der Waals surface area contributed by atoms with E-state index < -0.39 is 10.8 Å². The van der Waals surface area contributed by atoms with Crippen LogP contribution in [-0.4, -0.2) is 43.5 Å². The van der Waals surface area contributed by atoms with Crippen molar-refractivity contribution in [1.29, 1.82) is 0 Å². The number of carbonyl (C=O) groups is 2. The number of amides is 2. The number of ether oxygens (including phenoxy) is 2. The van der Waals surface area contributed by atoms with Crippen LogP contribution in [0.1, 0.15) is 13.3 Å². The van der Waals surface area contributed by atoms with Gasteiger partial charge in [0.1, 0.15) is 11.5 Å². The zero-order valence-electron chi connectivity index (χ0n) is 16.3. The maximum atomic E-state index is 12.0. The minimum atomic E-state index is -0.502. The third-order valence-electron chi connectivity index (χ3n) is 3.95. The van der Waals surface area contributed by atoms with Crippen LogP contribution in [0.2, 0.25) is 0 Å². The normalized spacial score (nSPS) is 10.1. The third-order valence-corrected chi connectivity index (χ3v) is 3.95. The van der Waals surface area contributed by atoms with Gasteiger partial charge in [0.2, 0.25) is 5.91 Å². The van der Waals surface area contributed by atoms with Crippen LogP contribution >= 0.6 is 0 Å². The molecule has 0 radical (unpaired) electrons. The molecule has 2 amide bonds. The molecule has 0 spiro atoms. The fraction of sp³-hybridized carbons (Fsp3) is 0.300. The molecule has 0 saturated carbocycles. The van der Waals surface area contributed by atoms with Gasteiger partial charge in [-0.25, -0.2) is 0 Å². The Hall–Kier alpha value is -3.62. The van der Waals surface area contributed by atoms with E-state index in [4.69, 9.17) is 9.47 Å². The van der Waals surface area contributed by atoms with E-state index in [2.05, 4.69) is 10.6 Å². The van der Waals surface area contributed by atoms with Crippen LogP contribution < -0.4 is 20.1 Å². The van der Waals surface area contributed by atoms with E-state index in [1.165, 1.54) is 25.3 Å². The average Bonchev–Trinajstić information content (AvgIpc) is 2.74. The first-order valence-corrected chi connectivity index (χ1v) is 9.03. The topological polar surface area (TPSA) is 120 Å². The molecule has 9 nitrogen and oxygen atoms in total. The highest BCUT2D eigenvalue weighted by atomic mass is 16.6. The average molecular weight is 401 g/mol. The monoisotopic (exact) mass is 401 g/mol. The fourth-order valence-corrected chi connectivity index (χ4v) is 2.45. The first kappa shape index (κ1) is 21.7. The van der Waals surface area contributed by atoms with Crippen molar-refractivity contribution in [2.45, 2.75) is 13.3 Å². The van der Waals surface area contributed by atoms with Gasteiger partial charge in [-0.15, -0.1) is 0 Å². The molecular weight excluding hydrogens is 378 g/mol. The van der Waals surface area contributed by atoms with Gasteiger partial charge in [0.15, 0.2) is 6.61 Å². The highest BCUT2D eigenvalue weighted by Gasteiger charge is 2.15. The summed E-state index contributed by atoms with van der Waals surface area (Å²) in [6.07, 6.45) is 0.803. The Bertz CT molecular complexity index is 867. The van der Waals surface area contributed by atoms with E-state index >= 15 is 0 Å². The molecule has 9 heteroatoms. The molecule has 0 fully saturated rings. The number of nitro benzene ring substituents is 1. The van der Waals surface area contributed by atoms with E-state index in [1.807, 2.05) is 6.92 Å². The Labute approximate surface area is 168 Å². The van der Waals surface area contributed by atoms with Crippen LogP contribution in [0.15, 0.2) is 42.5 Å². The van der Waals surface area contributed by atoms with Crippen molar-refractivity contribution in [3.05, 3.63) is 52.6 Å². The molecule has 0 bridgehead atoms. The molecule has 0 atom stereocenters. The Kier molecular flexibility index (Phi) is 7.96. The quantitative estimate of drug-likeness (QED) is 0.466. The zero-order chi connectivity index (χ0) is 21.2. The van der Waals surface area contributed by atoms with Gasteiger partial charge in [-0.2, -0.15) is 0 Å². The van der Waals surface area contributed by atoms with Gasteiger partial charge in [-0.1, -0.05) is 19.1 Å². The van der Waals surface area contributed by atoms with Gasteiger partial charge >= 0.3 is 0 Å².